The van der Waals surface area contributed by atoms with Gasteiger partial charge in [-0.15, -0.1) is 0 Å². The molecule has 0 aromatic heterocycles. The lowest BCUT2D eigenvalue weighted by molar-refractivity contribution is -0.122. The number of halogens is 1. The zero-order valence-corrected chi connectivity index (χ0v) is 25.6. The van der Waals surface area contributed by atoms with Gasteiger partial charge in [0.05, 0.1) is 22.1 Å². The Hall–Kier alpha value is -2.56. The molecule has 5 nitrogen and oxygen atoms in total. The van der Waals surface area contributed by atoms with E-state index >= 15 is 0 Å². The maximum Gasteiger partial charge on any atom is 0.266 e. The van der Waals surface area contributed by atoms with E-state index in [1.165, 1.54) is 17.3 Å². The normalized spacial score (nSPS) is 14.8. The molecule has 198 valence electrons. The van der Waals surface area contributed by atoms with Crippen LogP contribution in [0.1, 0.15) is 37.5 Å². The SMILES string of the molecule is COc1cc(C=C2SC(=S)N(Cc3ccccc3)C2=O)cc(I)c1OCCOc1ccc(C(C)(C)C)cc1. The Labute approximate surface area is 247 Å². The standard InChI is InChI=1S/C30H30INO4S2/c1-30(2,3)22-10-12-23(13-11-22)35-14-15-36-27-24(31)16-21(17-25(27)34-4)18-26-28(33)32(29(37)38-26)19-20-8-6-5-7-9-20/h5-13,16-18H,14-15,19H2,1-4H3. The molecule has 1 aliphatic rings. The Morgan fingerprint density at radius 1 is 1.00 bits per heavy atom. The summed E-state index contributed by atoms with van der Waals surface area (Å²) >= 11 is 9.03. The molecule has 3 aromatic carbocycles. The van der Waals surface area contributed by atoms with Crippen molar-refractivity contribution in [3.8, 4) is 17.2 Å². The Bertz CT molecular complexity index is 1330. The van der Waals surface area contributed by atoms with Gasteiger partial charge in [0.15, 0.2) is 11.5 Å². The van der Waals surface area contributed by atoms with Crippen molar-refractivity contribution in [2.75, 3.05) is 20.3 Å². The number of carbonyl (C=O) groups excluding carboxylic acids is 1. The van der Waals surface area contributed by atoms with Gasteiger partial charge in [-0.25, -0.2) is 0 Å². The van der Waals surface area contributed by atoms with E-state index in [1.807, 2.05) is 60.7 Å². The molecule has 1 saturated heterocycles. The number of nitrogens with zero attached hydrogens (tertiary/aromatic N) is 1. The third-order valence-corrected chi connectivity index (χ3v) is 8.10. The first-order valence-corrected chi connectivity index (χ1v) is 14.5. The fraction of sp³-hybridized carbons (Fsp3) is 0.267. The van der Waals surface area contributed by atoms with Crippen LogP contribution in [0.15, 0.2) is 71.6 Å². The maximum atomic E-state index is 13.1. The van der Waals surface area contributed by atoms with E-state index in [9.17, 15) is 4.79 Å². The highest BCUT2D eigenvalue weighted by molar-refractivity contribution is 14.1. The molecule has 1 aliphatic heterocycles. The number of ether oxygens (including phenoxy) is 3. The summed E-state index contributed by atoms with van der Waals surface area (Å²) in [5.41, 5.74) is 3.25. The molecule has 38 heavy (non-hydrogen) atoms. The van der Waals surface area contributed by atoms with Crippen LogP contribution in [-0.2, 0) is 16.8 Å². The van der Waals surface area contributed by atoms with Gasteiger partial charge in [-0.3, -0.25) is 9.69 Å². The summed E-state index contributed by atoms with van der Waals surface area (Å²) in [7, 11) is 1.61. The number of thioether (sulfide) groups is 1. The first-order valence-electron chi connectivity index (χ1n) is 12.2. The molecule has 4 rings (SSSR count). The Kier molecular flexibility index (Phi) is 9.38. The molecule has 0 saturated carbocycles. The van der Waals surface area contributed by atoms with Crippen molar-refractivity contribution in [2.24, 2.45) is 0 Å². The number of rotatable bonds is 9. The second-order valence-corrected chi connectivity index (χ2v) is 12.6. The highest BCUT2D eigenvalue weighted by Gasteiger charge is 2.32. The Morgan fingerprint density at radius 2 is 1.68 bits per heavy atom. The predicted molar refractivity (Wildman–Crippen MR) is 167 cm³/mol. The van der Waals surface area contributed by atoms with Crippen LogP contribution in [-0.4, -0.2) is 35.5 Å². The van der Waals surface area contributed by atoms with Crippen molar-refractivity contribution in [3.63, 3.8) is 0 Å². The van der Waals surface area contributed by atoms with E-state index in [4.69, 9.17) is 26.4 Å². The van der Waals surface area contributed by atoms with Gasteiger partial charge in [0.1, 0.15) is 23.3 Å². The molecule has 0 unspecified atom stereocenters. The van der Waals surface area contributed by atoms with Gasteiger partial charge in [0.25, 0.3) is 5.91 Å². The molecule has 3 aromatic rings. The summed E-state index contributed by atoms with van der Waals surface area (Å²) < 4.78 is 18.9. The lowest BCUT2D eigenvalue weighted by atomic mass is 9.87. The summed E-state index contributed by atoms with van der Waals surface area (Å²) in [6.45, 7) is 7.79. The highest BCUT2D eigenvalue weighted by Crippen LogP contribution is 2.38. The zero-order valence-electron chi connectivity index (χ0n) is 21.8. The van der Waals surface area contributed by atoms with Crippen LogP contribution in [0.4, 0.5) is 0 Å². The van der Waals surface area contributed by atoms with Crippen molar-refractivity contribution < 1.29 is 19.0 Å². The topological polar surface area (TPSA) is 48.0 Å². The summed E-state index contributed by atoms with van der Waals surface area (Å²) in [6.07, 6.45) is 1.85. The van der Waals surface area contributed by atoms with Crippen LogP contribution in [0.2, 0.25) is 0 Å². The van der Waals surface area contributed by atoms with Gasteiger partial charge in [-0.2, -0.15) is 0 Å². The smallest absolute Gasteiger partial charge is 0.266 e. The molecule has 0 aliphatic carbocycles. The van der Waals surface area contributed by atoms with Crippen LogP contribution >= 0.6 is 46.6 Å². The summed E-state index contributed by atoms with van der Waals surface area (Å²) in [5, 5.41) is 0. The molecule has 0 spiro atoms. The molecule has 1 amide bonds. The summed E-state index contributed by atoms with van der Waals surface area (Å²) in [5.74, 6) is 1.96. The van der Waals surface area contributed by atoms with Crippen LogP contribution < -0.4 is 14.2 Å². The minimum Gasteiger partial charge on any atom is -0.493 e. The van der Waals surface area contributed by atoms with Crippen molar-refractivity contribution in [3.05, 3.63) is 91.9 Å². The lowest BCUT2D eigenvalue weighted by Crippen LogP contribution is -2.27. The number of amides is 1. The Morgan fingerprint density at radius 3 is 2.34 bits per heavy atom. The third-order valence-electron chi connectivity index (χ3n) is 5.93. The first-order chi connectivity index (χ1) is 18.2. The van der Waals surface area contributed by atoms with E-state index in [0.717, 1.165) is 20.4 Å². The molecule has 0 bridgehead atoms. The average molecular weight is 660 g/mol. The van der Waals surface area contributed by atoms with E-state index in [-0.39, 0.29) is 11.3 Å². The molecule has 8 heteroatoms. The first kappa shape index (κ1) is 28.4. The van der Waals surface area contributed by atoms with Crippen molar-refractivity contribution in [1.82, 2.24) is 4.90 Å². The van der Waals surface area contributed by atoms with Crippen LogP contribution in [0.25, 0.3) is 6.08 Å². The van der Waals surface area contributed by atoms with Gasteiger partial charge < -0.3 is 14.2 Å². The largest absolute Gasteiger partial charge is 0.493 e. The number of hydrogen-bond acceptors (Lipinski definition) is 6. The van der Waals surface area contributed by atoms with Crippen LogP contribution in [0, 0.1) is 3.57 Å². The van der Waals surface area contributed by atoms with E-state index in [2.05, 4.69) is 55.5 Å². The fourth-order valence-electron chi connectivity index (χ4n) is 3.87. The molecular formula is C30H30INO4S2. The lowest BCUT2D eigenvalue weighted by Gasteiger charge is -2.19. The second-order valence-electron chi connectivity index (χ2n) is 9.76. The second kappa shape index (κ2) is 12.5. The molecule has 1 heterocycles. The average Bonchev–Trinajstić information content (AvgIpc) is 3.14. The van der Waals surface area contributed by atoms with Crippen molar-refractivity contribution in [1.29, 1.82) is 0 Å². The van der Waals surface area contributed by atoms with Gasteiger partial charge in [0, 0.05) is 0 Å². The number of thiocarbonyl (C=S) groups is 1. The van der Waals surface area contributed by atoms with E-state index < -0.39 is 0 Å². The maximum absolute atomic E-state index is 13.1. The van der Waals surface area contributed by atoms with Crippen LogP contribution in [0.5, 0.6) is 17.2 Å². The number of carbonyl (C=O) groups is 1. The highest BCUT2D eigenvalue weighted by atomic mass is 127. The monoisotopic (exact) mass is 659 g/mol. The van der Waals surface area contributed by atoms with Crippen molar-refractivity contribution in [2.45, 2.75) is 32.7 Å². The summed E-state index contributed by atoms with van der Waals surface area (Å²) in [4.78, 5) is 15.3. The van der Waals surface area contributed by atoms with Gasteiger partial charge in [0.2, 0.25) is 0 Å². The minimum atomic E-state index is -0.0918. The van der Waals surface area contributed by atoms with Crippen molar-refractivity contribution >= 4 is 62.9 Å². The zero-order chi connectivity index (χ0) is 27.3. The predicted octanol–water partition coefficient (Wildman–Crippen LogP) is 7.46. The van der Waals surface area contributed by atoms with Gasteiger partial charge in [-0.05, 0) is 75.0 Å². The fourth-order valence-corrected chi connectivity index (χ4v) is 5.91. The van der Waals surface area contributed by atoms with E-state index in [1.54, 1.807) is 12.0 Å². The minimum absolute atomic E-state index is 0.0918. The molecule has 0 N–H and O–H groups in total. The molecular weight excluding hydrogens is 629 g/mol. The third kappa shape index (κ3) is 7.09. The van der Waals surface area contributed by atoms with Crippen LogP contribution in [0.3, 0.4) is 0 Å². The number of methoxy groups -OCH3 is 1. The number of benzene rings is 3. The van der Waals surface area contributed by atoms with Gasteiger partial charge in [-0.1, -0.05) is 87.2 Å². The quantitative estimate of drug-likeness (QED) is 0.103. The number of hydrogen-bond donors (Lipinski definition) is 0. The molecule has 0 atom stereocenters. The van der Waals surface area contributed by atoms with Gasteiger partial charge >= 0.3 is 0 Å². The summed E-state index contributed by atoms with van der Waals surface area (Å²) in [6, 6.07) is 21.8. The molecule has 1 fully saturated rings. The van der Waals surface area contributed by atoms with E-state index in [0.29, 0.717) is 40.5 Å². The Balaban J connectivity index is 1.39. The molecule has 0 radical (unpaired) electrons.